The van der Waals surface area contributed by atoms with Crippen LogP contribution in [0.2, 0.25) is 0 Å². The molecule has 0 aromatic carbocycles. The molecule has 0 aliphatic carbocycles. The zero-order chi connectivity index (χ0) is 10.6. The van der Waals surface area contributed by atoms with Crippen LogP contribution in [0.3, 0.4) is 0 Å². The third-order valence-electron chi connectivity index (χ3n) is 1.97. The molecule has 4 heteroatoms. The Bertz CT molecular complexity index is 228. The molecule has 0 radical (unpaired) electrons. The van der Waals surface area contributed by atoms with Gasteiger partial charge < -0.3 is 4.74 Å². The van der Waals surface area contributed by atoms with Gasteiger partial charge in [0.15, 0.2) is 0 Å². The lowest BCUT2D eigenvalue weighted by atomic mass is 10.4. The minimum absolute atomic E-state index is 0.272. The average molecular weight is 232 g/mol. The van der Waals surface area contributed by atoms with Gasteiger partial charge in [-0.1, -0.05) is 13.5 Å². The van der Waals surface area contributed by atoms with Crippen LogP contribution < -0.4 is 0 Å². The molecule has 0 aromatic heterocycles. The highest BCUT2D eigenvalue weighted by molar-refractivity contribution is 8.20. The lowest BCUT2D eigenvalue weighted by Crippen LogP contribution is -2.12. The van der Waals surface area contributed by atoms with Crippen LogP contribution >= 0.6 is 23.5 Å². The number of thioether (sulfide) groups is 2. The van der Waals surface area contributed by atoms with E-state index in [4.69, 9.17) is 4.74 Å². The predicted molar refractivity (Wildman–Crippen MR) is 63.7 cm³/mol. The van der Waals surface area contributed by atoms with Crippen molar-refractivity contribution in [2.24, 2.45) is 0 Å². The normalized spacial score (nSPS) is 26.1. The molecule has 0 N–H and O–H groups in total. The fraction of sp³-hybridized carbons (Fsp3) is 0.700. The molecule has 1 aliphatic rings. The first-order valence-electron chi connectivity index (χ1n) is 4.73. The minimum atomic E-state index is -0.272. The van der Waals surface area contributed by atoms with Crippen molar-refractivity contribution in [1.29, 1.82) is 0 Å². The molecule has 1 heterocycles. The highest BCUT2D eigenvalue weighted by Crippen LogP contribution is 2.39. The van der Waals surface area contributed by atoms with Gasteiger partial charge in [-0.15, -0.1) is 23.5 Å². The maximum absolute atomic E-state index is 11.1. The summed E-state index contributed by atoms with van der Waals surface area (Å²) in [6.07, 6.45) is 1.20. The summed E-state index contributed by atoms with van der Waals surface area (Å²) in [4.78, 5) is 11.1. The molecule has 80 valence electrons. The number of ether oxygens (including phenoxy) is 1. The van der Waals surface area contributed by atoms with E-state index in [0.29, 0.717) is 16.8 Å². The molecular formula is C10H16O2S2. The minimum Gasteiger partial charge on any atom is -0.460 e. The number of rotatable bonds is 4. The first-order valence-corrected chi connectivity index (χ1v) is 6.72. The van der Waals surface area contributed by atoms with Gasteiger partial charge in [0.05, 0.1) is 4.58 Å². The van der Waals surface area contributed by atoms with Gasteiger partial charge in [0, 0.05) is 16.6 Å². The van der Waals surface area contributed by atoms with Crippen molar-refractivity contribution in [3.05, 3.63) is 12.2 Å². The van der Waals surface area contributed by atoms with Crippen LogP contribution in [0.25, 0.3) is 0 Å². The molecular weight excluding hydrogens is 216 g/mol. The molecule has 14 heavy (non-hydrogen) atoms. The van der Waals surface area contributed by atoms with Gasteiger partial charge in [0.2, 0.25) is 0 Å². The predicted octanol–water partition coefficient (Wildman–Crippen LogP) is 2.69. The third-order valence-corrected chi connectivity index (χ3v) is 5.35. The Labute approximate surface area is 93.8 Å². The zero-order valence-electron chi connectivity index (χ0n) is 8.62. The van der Waals surface area contributed by atoms with Crippen LogP contribution in [0.1, 0.15) is 20.3 Å². The van der Waals surface area contributed by atoms with Crippen LogP contribution in [-0.2, 0) is 9.53 Å². The maximum atomic E-state index is 11.1. The molecule has 1 saturated heterocycles. The summed E-state index contributed by atoms with van der Waals surface area (Å²) in [5.41, 5.74) is 0.477. The number of carbonyl (C=O) groups is 1. The molecule has 0 bridgehead atoms. The van der Waals surface area contributed by atoms with Gasteiger partial charge >= 0.3 is 5.97 Å². The number of esters is 1. The second kappa shape index (κ2) is 5.71. The van der Waals surface area contributed by atoms with E-state index >= 15 is 0 Å². The fourth-order valence-corrected chi connectivity index (χ4v) is 4.25. The number of hydrogen-bond donors (Lipinski definition) is 0. The summed E-state index contributed by atoms with van der Waals surface area (Å²) in [5, 5.41) is 0.730. The van der Waals surface area contributed by atoms with E-state index in [2.05, 4.69) is 13.5 Å². The summed E-state index contributed by atoms with van der Waals surface area (Å²) in [6.45, 7) is 7.92. The lowest BCUT2D eigenvalue weighted by Gasteiger charge is -2.09. The first kappa shape index (κ1) is 12.0. The summed E-state index contributed by atoms with van der Waals surface area (Å²) in [5.74, 6) is 0.905. The monoisotopic (exact) mass is 232 g/mol. The van der Waals surface area contributed by atoms with Crippen LogP contribution in [0.15, 0.2) is 12.2 Å². The average Bonchev–Trinajstić information content (AvgIpc) is 2.61. The summed E-state index contributed by atoms with van der Waals surface area (Å²) in [7, 11) is 0. The van der Waals surface area contributed by atoms with E-state index in [9.17, 15) is 4.79 Å². The van der Waals surface area contributed by atoms with E-state index in [-0.39, 0.29) is 5.97 Å². The van der Waals surface area contributed by atoms with E-state index in [1.165, 1.54) is 12.2 Å². The van der Waals surface area contributed by atoms with Gasteiger partial charge in [0.1, 0.15) is 6.61 Å². The molecule has 2 unspecified atom stereocenters. The molecule has 0 aromatic rings. The van der Waals surface area contributed by atoms with Crippen molar-refractivity contribution in [1.82, 2.24) is 0 Å². The summed E-state index contributed by atoms with van der Waals surface area (Å²) in [6, 6.07) is 0. The topological polar surface area (TPSA) is 26.3 Å². The third kappa shape index (κ3) is 3.58. The first-order chi connectivity index (χ1) is 6.63. The van der Waals surface area contributed by atoms with Gasteiger partial charge in [-0.25, -0.2) is 4.79 Å². The smallest absolute Gasteiger partial charge is 0.333 e. The largest absolute Gasteiger partial charge is 0.460 e. The van der Waals surface area contributed by atoms with Gasteiger partial charge in [-0.05, 0) is 13.3 Å². The quantitative estimate of drug-likeness (QED) is 0.550. The van der Waals surface area contributed by atoms with Crippen LogP contribution in [0, 0.1) is 0 Å². The Balaban J connectivity index is 2.20. The van der Waals surface area contributed by atoms with Crippen molar-refractivity contribution in [3.63, 3.8) is 0 Å². The molecule has 0 amide bonds. The van der Waals surface area contributed by atoms with E-state index in [1.807, 2.05) is 23.5 Å². The van der Waals surface area contributed by atoms with E-state index in [0.717, 1.165) is 5.25 Å². The van der Waals surface area contributed by atoms with Crippen LogP contribution in [-0.4, -0.2) is 28.2 Å². The Hall–Kier alpha value is -0.0900. The summed E-state index contributed by atoms with van der Waals surface area (Å²) < 4.78 is 5.52. The second-order valence-corrected chi connectivity index (χ2v) is 6.35. The summed E-state index contributed by atoms with van der Waals surface area (Å²) >= 11 is 3.81. The molecule has 1 fully saturated rings. The molecule has 2 nitrogen and oxygen atoms in total. The number of carbonyl (C=O) groups excluding carboxylic acids is 1. The molecule has 1 aliphatic heterocycles. The molecule has 0 saturated carbocycles. The molecule has 1 rings (SSSR count). The Morgan fingerprint density at radius 3 is 2.86 bits per heavy atom. The Kier molecular flexibility index (Phi) is 4.89. The van der Waals surface area contributed by atoms with Crippen molar-refractivity contribution < 1.29 is 9.53 Å². The Morgan fingerprint density at radius 1 is 1.64 bits per heavy atom. The zero-order valence-corrected chi connectivity index (χ0v) is 10.2. The standard InChI is InChI=1S/C10H16O2S2/c1-4-8-6-13-9(14-8)5-12-10(11)7(2)3/h8-9H,2,4-6H2,1,3H3. The van der Waals surface area contributed by atoms with Crippen LogP contribution in [0.4, 0.5) is 0 Å². The van der Waals surface area contributed by atoms with E-state index in [1.54, 1.807) is 6.92 Å². The highest BCUT2D eigenvalue weighted by atomic mass is 32.2. The highest BCUT2D eigenvalue weighted by Gasteiger charge is 2.25. The van der Waals surface area contributed by atoms with Crippen molar-refractivity contribution in [3.8, 4) is 0 Å². The Morgan fingerprint density at radius 2 is 2.36 bits per heavy atom. The van der Waals surface area contributed by atoms with Gasteiger partial charge in [-0.2, -0.15) is 0 Å². The fourth-order valence-electron chi connectivity index (χ4n) is 1.08. The molecule has 0 spiro atoms. The SMILES string of the molecule is C=C(C)C(=O)OCC1SCC(CC)S1. The van der Waals surface area contributed by atoms with Gasteiger partial charge in [0.25, 0.3) is 0 Å². The molecule has 2 atom stereocenters. The van der Waals surface area contributed by atoms with Crippen molar-refractivity contribution in [2.75, 3.05) is 12.4 Å². The maximum Gasteiger partial charge on any atom is 0.333 e. The van der Waals surface area contributed by atoms with Crippen LogP contribution in [0.5, 0.6) is 0 Å². The van der Waals surface area contributed by atoms with Crippen molar-refractivity contribution in [2.45, 2.75) is 30.1 Å². The van der Waals surface area contributed by atoms with E-state index < -0.39 is 0 Å². The lowest BCUT2D eigenvalue weighted by molar-refractivity contribution is -0.138. The van der Waals surface area contributed by atoms with Gasteiger partial charge in [-0.3, -0.25) is 0 Å². The second-order valence-electron chi connectivity index (χ2n) is 3.31. The van der Waals surface area contributed by atoms with Crippen molar-refractivity contribution >= 4 is 29.5 Å². The number of hydrogen-bond acceptors (Lipinski definition) is 4.